The number of aliphatic hydroxyl groups excluding tert-OH is 1. The highest BCUT2D eigenvalue weighted by Gasteiger charge is 2.28. The van der Waals surface area contributed by atoms with E-state index in [2.05, 4.69) is 4.90 Å². The molecule has 1 saturated carbocycles. The van der Waals surface area contributed by atoms with E-state index in [1.807, 2.05) is 14.0 Å². The fourth-order valence-corrected chi connectivity index (χ4v) is 2.02. The van der Waals surface area contributed by atoms with Crippen LogP contribution in [0, 0.1) is 0 Å². The monoisotopic (exact) mass is 172 g/mol. The molecule has 0 aromatic heterocycles. The van der Waals surface area contributed by atoms with Crippen LogP contribution in [0.15, 0.2) is 0 Å². The molecule has 0 spiro atoms. The van der Waals surface area contributed by atoms with E-state index >= 15 is 0 Å². The van der Waals surface area contributed by atoms with E-state index in [-0.39, 0.29) is 12.1 Å². The third kappa shape index (κ3) is 2.44. The van der Waals surface area contributed by atoms with E-state index in [9.17, 15) is 5.11 Å². The van der Waals surface area contributed by atoms with Crippen LogP contribution in [0.4, 0.5) is 0 Å². The zero-order valence-electron chi connectivity index (χ0n) is 8.03. The summed E-state index contributed by atoms with van der Waals surface area (Å²) in [5.74, 6) is 0. The van der Waals surface area contributed by atoms with Crippen LogP contribution in [0.25, 0.3) is 0 Å². The Hall–Kier alpha value is -0.120. The minimum Gasteiger partial charge on any atom is -0.391 e. The van der Waals surface area contributed by atoms with Crippen LogP contribution in [-0.4, -0.2) is 41.8 Å². The Morgan fingerprint density at radius 2 is 2.25 bits per heavy atom. The molecule has 0 aromatic rings. The van der Waals surface area contributed by atoms with Crippen molar-refractivity contribution in [2.24, 2.45) is 5.73 Å². The zero-order chi connectivity index (χ0) is 9.14. The van der Waals surface area contributed by atoms with Crippen molar-refractivity contribution < 1.29 is 5.11 Å². The molecule has 0 amide bonds. The lowest BCUT2D eigenvalue weighted by atomic mass is 10.2. The van der Waals surface area contributed by atoms with Crippen LogP contribution in [-0.2, 0) is 0 Å². The summed E-state index contributed by atoms with van der Waals surface area (Å²) in [6.45, 7) is 2.87. The maximum atomic E-state index is 9.59. The molecule has 1 rings (SSSR count). The number of aliphatic hydroxyl groups is 1. The van der Waals surface area contributed by atoms with E-state index in [0.717, 1.165) is 25.8 Å². The molecule has 12 heavy (non-hydrogen) atoms. The molecule has 0 saturated heterocycles. The highest BCUT2D eigenvalue weighted by molar-refractivity contribution is 4.84. The topological polar surface area (TPSA) is 49.5 Å². The molecule has 3 unspecified atom stereocenters. The standard InChI is InChI=1S/C9H20N2O/c1-7(10)6-11(2)8-4-3-5-9(8)12/h7-9,12H,3-6,10H2,1-2H3. The minimum atomic E-state index is -0.131. The molecule has 0 aromatic carbocycles. The van der Waals surface area contributed by atoms with Crippen LogP contribution in [0.3, 0.4) is 0 Å². The Bertz CT molecular complexity index is 138. The van der Waals surface area contributed by atoms with Crippen LogP contribution in [0.1, 0.15) is 26.2 Å². The van der Waals surface area contributed by atoms with Crippen LogP contribution < -0.4 is 5.73 Å². The molecule has 3 N–H and O–H groups in total. The van der Waals surface area contributed by atoms with Crippen molar-refractivity contribution in [2.75, 3.05) is 13.6 Å². The van der Waals surface area contributed by atoms with Crippen molar-refractivity contribution >= 4 is 0 Å². The lowest BCUT2D eigenvalue weighted by molar-refractivity contribution is 0.0840. The fraction of sp³-hybridized carbons (Fsp3) is 1.00. The minimum absolute atomic E-state index is 0.131. The number of likely N-dealkylation sites (N-methyl/N-ethyl adjacent to an activating group) is 1. The normalized spacial score (nSPS) is 32.8. The molecule has 1 aliphatic carbocycles. The average molecular weight is 172 g/mol. The number of hydrogen-bond acceptors (Lipinski definition) is 3. The SMILES string of the molecule is CC(N)CN(C)C1CCCC1O. The summed E-state index contributed by atoms with van der Waals surface area (Å²) in [7, 11) is 2.04. The molecule has 1 fully saturated rings. The van der Waals surface area contributed by atoms with Crippen molar-refractivity contribution in [3.05, 3.63) is 0 Å². The highest BCUT2D eigenvalue weighted by Crippen LogP contribution is 2.22. The first-order valence-electron chi connectivity index (χ1n) is 4.75. The highest BCUT2D eigenvalue weighted by atomic mass is 16.3. The number of nitrogens with zero attached hydrogens (tertiary/aromatic N) is 1. The molecular weight excluding hydrogens is 152 g/mol. The summed E-state index contributed by atoms with van der Waals surface area (Å²) in [4.78, 5) is 2.18. The first-order chi connectivity index (χ1) is 5.61. The van der Waals surface area contributed by atoms with Gasteiger partial charge in [0.15, 0.2) is 0 Å². The molecule has 3 atom stereocenters. The van der Waals surface area contributed by atoms with Gasteiger partial charge in [-0.05, 0) is 33.2 Å². The van der Waals surface area contributed by atoms with Gasteiger partial charge in [-0.2, -0.15) is 0 Å². The van der Waals surface area contributed by atoms with Gasteiger partial charge in [-0.1, -0.05) is 0 Å². The van der Waals surface area contributed by atoms with Crippen molar-refractivity contribution in [2.45, 2.75) is 44.4 Å². The quantitative estimate of drug-likeness (QED) is 0.638. The third-order valence-electron chi connectivity index (χ3n) is 2.59. The van der Waals surface area contributed by atoms with Gasteiger partial charge in [-0.15, -0.1) is 0 Å². The van der Waals surface area contributed by atoms with Crippen LogP contribution in [0.2, 0.25) is 0 Å². The molecular formula is C9H20N2O. The molecule has 0 aliphatic heterocycles. The fourth-order valence-electron chi connectivity index (χ4n) is 2.02. The second-order valence-corrected chi connectivity index (χ2v) is 3.98. The second kappa shape index (κ2) is 4.21. The van der Waals surface area contributed by atoms with Gasteiger partial charge in [0.1, 0.15) is 0 Å². The Kier molecular flexibility index (Phi) is 3.50. The summed E-state index contributed by atoms with van der Waals surface area (Å²) < 4.78 is 0. The van der Waals surface area contributed by atoms with E-state index in [0.29, 0.717) is 6.04 Å². The first-order valence-corrected chi connectivity index (χ1v) is 4.75. The predicted molar refractivity (Wildman–Crippen MR) is 49.9 cm³/mol. The van der Waals surface area contributed by atoms with Gasteiger partial charge in [0.05, 0.1) is 6.10 Å². The summed E-state index contributed by atoms with van der Waals surface area (Å²) in [5, 5.41) is 9.59. The van der Waals surface area contributed by atoms with Crippen molar-refractivity contribution in [3.63, 3.8) is 0 Å². The summed E-state index contributed by atoms with van der Waals surface area (Å²) >= 11 is 0. The third-order valence-corrected chi connectivity index (χ3v) is 2.59. The summed E-state index contributed by atoms with van der Waals surface area (Å²) in [6.07, 6.45) is 3.08. The Morgan fingerprint density at radius 1 is 1.58 bits per heavy atom. The smallest absolute Gasteiger partial charge is 0.0695 e. The number of rotatable bonds is 3. The molecule has 0 heterocycles. The molecule has 1 aliphatic rings. The maximum absolute atomic E-state index is 9.59. The van der Waals surface area contributed by atoms with Crippen molar-refractivity contribution in [1.82, 2.24) is 4.90 Å². The molecule has 72 valence electrons. The van der Waals surface area contributed by atoms with Gasteiger partial charge in [0.2, 0.25) is 0 Å². The van der Waals surface area contributed by atoms with Gasteiger partial charge in [0.25, 0.3) is 0 Å². The molecule has 0 bridgehead atoms. The largest absolute Gasteiger partial charge is 0.391 e. The predicted octanol–water partition coefficient (Wildman–Crippen LogP) is 0.179. The van der Waals surface area contributed by atoms with Crippen molar-refractivity contribution in [3.8, 4) is 0 Å². The van der Waals surface area contributed by atoms with Crippen molar-refractivity contribution in [1.29, 1.82) is 0 Å². The van der Waals surface area contributed by atoms with E-state index in [1.165, 1.54) is 0 Å². The molecule has 3 nitrogen and oxygen atoms in total. The van der Waals surface area contributed by atoms with Gasteiger partial charge < -0.3 is 10.8 Å². The van der Waals surface area contributed by atoms with E-state index in [4.69, 9.17) is 5.73 Å². The Morgan fingerprint density at radius 3 is 2.67 bits per heavy atom. The van der Waals surface area contributed by atoms with Gasteiger partial charge in [-0.25, -0.2) is 0 Å². The number of nitrogens with two attached hydrogens (primary N) is 1. The van der Waals surface area contributed by atoms with E-state index in [1.54, 1.807) is 0 Å². The summed E-state index contributed by atoms with van der Waals surface area (Å²) in [6, 6.07) is 0.541. The average Bonchev–Trinajstić information content (AvgIpc) is 2.33. The van der Waals surface area contributed by atoms with Gasteiger partial charge >= 0.3 is 0 Å². The number of hydrogen-bond donors (Lipinski definition) is 2. The lowest BCUT2D eigenvalue weighted by Gasteiger charge is -2.28. The van der Waals surface area contributed by atoms with Crippen LogP contribution >= 0.6 is 0 Å². The Labute approximate surface area is 74.5 Å². The maximum Gasteiger partial charge on any atom is 0.0695 e. The lowest BCUT2D eigenvalue weighted by Crippen LogP contribution is -2.43. The molecule has 3 heteroatoms. The molecule has 0 radical (unpaired) electrons. The van der Waals surface area contributed by atoms with Gasteiger partial charge in [0, 0.05) is 18.6 Å². The Balaban J connectivity index is 2.35. The zero-order valence-corrected chi connectivity index (χ0v) is 8.03. The van der Waals surface area contributed by atoms with E-state index < -0.39 is 0 Å². The van der Waals surface area contributed by atoms with Gasteiger partial charge in [-0.3, -0.25) is 4.90 Å². The second-order valence-electron chi connectivity index (χ2n) is 3.98. The first kappa shape index (κ1) is 9.96. The summed E-state index contributed by atoms with van der Waals surface area (Å²) in [5.41, 5.74) is 5.68. The van der Waals surface area contributed by atoms with Crippen LogP contribution in [0.5, 0.6) is 0 Å².